The maximum atomic E-state index is 13.3. The number of benzene rings is 3. The van der Waals surface area contributed by atoms with Gasteiger partial charge in [-0.05, 0) is 73.6 Å². The summed E-state index contributed by atoms with van der Waals surface area (Å²) in [6, 6.07) is 22.1. The highest BCUT2D eigenvalue weighted by atomic mass is 16.5. The Labute approximate surface area is 197 Å². The van der Waals surface area contributed by atoms with Gasteiger partial charge >= 0.3 is 0 Å². The number of ether oxygens (including phenoxy) is 1. The summed E-state index contributed by atoms with van der Waals surface area (Å²) in [5, 5.41) is 5.67. The van der Waals surface area contributed by atoms with Crippen LogP contribution in [0.5, 0.6) is 5.75 Å². The maximum Gasteiger partial charge on any atom is 0.251 e. The van der Waals surface area contributed by atoms with Crippen molar-refractivity contribution in [2.24, 2.45) is 0 Å². The molecule has 1 fully saturated rings. The second kappa shape index (κ2) is 10.5. The van der Waals surface area contributed by atoms with E-state index in [1.165, 1.54) is 16.3 Å². The first-order valence-electron chi connectivity index (χ1n) is 11.9. The lowest BCUT2D eigenvalue weighted by Gasteiger charge is -2.22. The summed E-state index contributed by atoms with van der Waals surface area (Å²) in [6.45, 7) is 10.1. The topological polar surface area (TPSA) is 38.3 Å². The van der Waals surface area contributed by atoms with E-state index >= 15 is 0 Å². The predicted molar refractivity (Wildman–Crippen MR) is 137 cm³/mol. The summed E-state index contributed by atoms with van der Waals surface area (Å²) in [4.78, 5) is 13.3. The Kier molecular flexibility index (Phi) is 7.29. The molecule has 1 unspecified atom stereocenters. The van der Waals surface area contributed by atoms with Crippen LogP contribution >= 0.6 is 0 Å². The monoisotopic (exact) mass is 439 g/mol. The van der Waals surface area contributed by atoms with Crippen molar-refractivity contribution in [1.82, 2.24) is 5.32 Å². The lowest BCUT2D eigenvalue weighted by atomic mass is 9.94. The van der Waals surface area contributed by atoms with E-state index in [2.05, 4.69) is 61.8 Å². The normalized spacial score (nSPS) is 16.5. The van der Waals surface area contributed by atoms with Crippen LogP contribution in [0.2, 0.25) is 0 Å². The molecule has 1 N–H and O–H groups in total. The molecule has 0 heterocycles. The molecule has 170 valence electrons. The summed E-state index contributed by atoms with van der Waals surface area (Å²) in [5.74, 6) is 0.663. The van der Waals surface area contributed by atoms with Crippen LogP contribution in [0.4, 0.5) is 0 Å². The Morgan fingerprint density at radius 3 is 2.70 bits per heavy atom. The first kappa shape index (κ1) is 22.8. The lowest BCUT2D eigenvalue weighted by Crippen LogP contribution is -2.29. The number of carbonyl (C=O) groups excluding carboxylic acids is 1. The summed E-state index contributed by atoms with van der Waals surface area (Å²) in [6.07, 6.45) is 5.82. The standard InChI is InChI=1S/C30H33NO2/c1-21(2)9-6-16-29(28-15-8-11-23-10-4-5-14-27(23)28)31-30(32)24-12-7-13-25(20-24)33-26-18-17-22(3)19-26/h4-5,7-8,10-15,20,26,29H,1,3,6,9,16-19H2,2H3,(H,31,32)/t26?,29-/m1/s1. The van der Waals surface area contributed by atoms with Gasteiger partial charge in [-0.2, -0.15) is 0 Å². The summed E-state index contributed by atoms with van der Waals surface area (Å²) < 4.78 is 6.12. The van der Waals surface area contributed by atoms with E-state index in [0.717, 1.165) is 55.4 Å². The van der Waals surface area contributed by atoms with Gasteiger partial charge in [-0.3, -0.25) is 4.79 Å². The quantitative estimate of drug-likeness (QED) is 0.350. The third-order valence-corrected chi connectivity index (χ3v) is 6.34. The zero-order valence-corrected chi connectivity index (χ0v) is 19.5. The van der Waals surface area contributed by atoms with Gasteiger partial charge in [0.25, 0.3) is 5.91 Å². The zero-order chi connectivity index (χ0) is 23.2. The molecule has 0 bridgehead atoms. The lowest BCUT2D eigenvalue weighted by molar-refractivity contribution is 0.0933. The van der Waals surface area contributed by atoms with Crippen molar-refractivity contribution in [1.29, 1.82) is 0 Å². The zero-order valence-electron chi connectivity index (χ0n) is 19.5. The van der Waals surface area contributed by atoms with Gasteiger partial charge in [0.15, 0.2) is 0 Å². The van der Waals surface area contributed by atoms with E-state index in [1.807, 2.05) is 30.3 Å². The van der Waals surface area contributed by atoms with Crippen molar-refractivity contribution in [3.63, 3.8) is 0 Å². The van der Waals surface area contributed by atoms with Gasteiger partial charge in [0.2, 0.25) is 0 Å². The van der Waals surface area contributed by atoms with Crippen LogP contribution in [0.25, 0.3) is 10.8 Å². The molecular formula is C30H33NO2. The Balaban J connectivity index is 1.54. The number of rotatable bonds is 9. The summed E-state index contributed by atoms with van der Waals surface area (Å²) in [5.41, 5.74) is 4.17. The fourth-order valence-electron chi connectivity index (χ4n) is 4.60. The van der Waals surface area contributed by atoms with Crippen LogP contribution in [-0.4, -0.2) is 12.0 Å². The molecule has 0 radical (unpaired) electrons. The Hall–Kier alpha value is -3.33. The minimum Gasteiger partial charge on any atom is -0.490 e. The van der Waals surface area contributed by atoms with E-state index in [9.17, 15) is 4.79 Å². The maximum absolute atomic E-state index is 13.3. The van der Waals surface area contributed by atoms with Gasteiger partial charge in [-0.15, -0.1) is 6.58 Å². The van der Waals surface area contributed by atoms with Crippen molar-refractivity contribution >= 4 is 16.7 Å². The van der Waals surface area contributed by atoms with Crippen LogP contribution < -0.4 is 10.1 Å². The third kappa shape index (κ3) is 5.92. The summed E-state index contributed by atoms with van der Waals surface area (Å²) in [7, 11) is 0. The van der Waals surface area contributed by atoms with Crippen molar-refractivity contribution in [3.05, 3.63) is 102 Å². The molecule has 4 rings (SSSR count). The van der Waals surface area contributed by atoms with E-state index in [-0.39, 0.29) is 18.1 Å². The first-order valence-corrected chi connectivity index (χ1v) is 11.9. The molecule has 1 aliphatic rings. The van der Waals surface area contributed by atoms with E-state index in [4.69, 9.17) is 4.74 Å². The molecule has 0 saturated heterocycles. The number of hydrogen-bond donors (Lipinski definition) is 1. The molecular weight excluding hydrogens is 406 g/mol. The Bertz CT molecular complexity index is 1160. The second-order valence-electron chi connectivity index (χ2n) is 9.20. The molecule has 2 atom stereocenters. The molecule has 3 aromatic carbocycles. The molecule has 3 heteroatoms. The summed E-state index contributed by atoms with van der Waals surface area (Å²) >= 11 is 0. The van der Waals surface area contributed by atoms with Crippen molar-refractivity contribution in [2.75, 3.05) is 0 Å². The number of amides is 1. The Morgan fingerprint density at radius 1 is 1.12 bits per heavy atom. The highest BCUT2D eigenvalue weighted by Crippen LogP contribution is 2.30. The number of allylic oxidation sites excluding steroid dienone is 1. The first-order chi connectivity index (χ1) is 16.0. The number of nitrogens with one attached hydrogen (secondary N) is 1. The SMILES string of the molecule is C=C(C)CCC[C@@H](NC(=O)c1cccc(OC2CCC(=C)C2)c1)c1cccc2ccccc12. The number of fused-ring (bicyclic) bond motifs is 1. The minimum atomic E-state index is -0.0791. The predicted octanol–water partition coefficient (Wildman–Crippen LogP) is 7.54. The van der Waals surface area contributed by atoms with E-state index in [1.54, 1.807) is 0 Å². The van der Waals surface area contributed by atoms with Gasteiger partial charge in [-0.1, -0.05) is 66.3 Å². The molecule has 0 spiro atoms. The highest BCUT2D eigenvalue weighted by molar-refractivity contribution is 5.95. The van der Waals surface area contributed by atoms with E-state index < -0.39 is 0 Å². The second-order valence-corrected chi connectivity index (χ2v) is 9.20. The van der Waals surface area contributed by atoms with Crippen LogP contribution in [-0.2, 0) is 0 Å². The van der Waals surface area contributed by atoms with Gasteiger partial charge in [0, 0.05) is 12.0 Å². The molecule has 3 aromatic rings. The van der Waals surface area contributed by atoms with Gasteiger partial charge in [0.05, 0.1) is 6.04 Å². The molecule has 1 aliphatic carbocycles. The molecule has 1 saturated carbocycles. The van der Waals surface area contributed by atoms with Gasteiger partial charge in [-0.25, -0.2) is 0 Å². The van der Waals surface area contributed by atoms with E-state index in [0.29, 0.717) is 5.56 Å². The van der Waals surface area contributed by atoms with Gasteiger partial charge < -0.3 is 10.1 Å². The average Bonchev–Trinajstić information content (AvgIpc) is 3.22. The fraction of sp³-hybridized carbons (Fsp3) is 0.300. The highest BCUT2D eigenvalue weighted by Gasteiger charge is 2.21. The van der Waals surface area contributed by atoms with Crippen LogP contribution in [0.1, 0.15) is 67.4 Å². The molecule has 1 amide bonds. The average molecular weight is 440 g/mol. The minimum absolute atomic E-state index is 0.0781. The Morgan fingerprint density at radius 2 is 1.91 bits per heavy atom. The molecule has 33 heavy (non-hydrogen) atoms. The van der Waals surface area contributed by atoms with Crippen molar-refractivity contribution in [3.8, 4) is 5.75 Å². The van der Waals surface area contributed by atoms with Gasteiger partial charge in [0.1, 0.15) is 11.9 Å². The smallest absolute Gasteiger partial charge is 0.251 e. The van der Waals surface area contributed by atoms with Crippen LogP contribution in [0.15, 0.2) is 91.0 Å². The van der Waals surface area contributed by atoms with Crippen molar-refractivity contribution < 1.29 is 9.53 Å². The molecule has 3 nitrogen and oxygen atoms in total. The van der Waals surface area contributed by atoms with Crippen LogP contribution in [0, 0.1) is 0 Å². The van der Waals surface area contributed by atoms with Crippen molar-refractivity contribution in [2.45, 2.75) is 57.6 Å². The molecule has 0 aliphatic heterocycles. The van der Waals surface area contributed by atoms with Crippen LogP contribution in [0.3, 0.4) is 0 Å². The number of carbonyl (C=O) groups is 1. The number of hydrogen-bond acceptors (Lipinski definition) is 2. The fourth-order valence-corrected chi connectivity index (χ4v) is 4.60. The molecule has 0 aromatic heterocycles. The third-order valence-electron chi connectivity index (χ3n) is 6.34. The largest absolute Gasteiger partial charge is 0.490 e.